The second kappa shape index (κ2) is 7.38. The molecule has 0 bridgehead atoms. The van der Waals surface area contributed by atoms with E-state index in [4.69, 9.17) is 28.6 Å². The predicted molar refractivity (Wildman–Crippen MR) is 103 cm³/mol. The Kier molecular flexibility index (Phi) is 5.23. The van der Waals surface area contributed by atoms with Gasteiger partial charge in [-0.25, -0.2) is 0 Å². The molecule has 0 spiro atoms. The van der Waals surface area contributed by atoms with Crippen LogP contribution in [-0.4, -0.2) is 22.2 Å². The summed E-state index contributed by atoms with van der Waals surface area (Å²) in [5.74, 6) is 0.680. The van der Waals surface area contributed by atoms with Gasteiger partial charge in [0.1, 0.15) is 16.7 Å². The molecule has 0 saturated carbocycles. The maximum absolute atomic E-state index is 12.0. The molecule has 24 heavy (non-hydrogen) atoms. The Hall–Kier alpha value is -1.82. The van der Waals surface area contributed by atoms with Gasteiger partial charge in [0, 0.05) is 17.6 Å². The van der Waals surface area contributed by atoms with Gasteiger partial charge in [-0.15, -0.1) is 0 Å². The number of rotatable bonds is 4. The average Bonchev–Trinajstić information content (AvgIpc) is 2.82. The molecule has 2 aromatic rings. The standard InChI is InChI=1S/C18H14ClNO2S2/c1-20-17(21)16(24-18(20)23)10-12-6-8-14(9-7-12)22-11-13-4-2-3-5-15(13)19/h2-10H,11H2,1H3/b16-10-. The summed E-state index contributed by atoms with van der Waals surface area (Å²) in [6.07, 6.45) is 1.83. The van der Waals surface area contributed by atoms with Crippen LogP contribution in [0, 0.1) is 0 Å². The van der Waals surface area contributed by atoms with Crippen LogP contribution in [0.5, 0.6) is 5.75 Å². The van der Waals surface area contributed by atoms with E-state index in [1.807, 2.05) is 54.6 Å². The van der Waals surface area contributed by atoms with Gasteiger partial charge < -0.3 is 4.74 Å². The van der Waals surface area contributed by atoms with Crippen molar-refractivity contribution in [3.8, 4) is 5.75 Å². The van der Waals surface area contributed by atoms with E-state index in [1.54, 1.807) is 7.05 Å². The van der Waals surface area contributed by atoms with Gasteiger partial charge in [-0.1, -0.05) is 65.9 Å². The van der Waals surface area contributed by atoms with Crippen molar-refractivity contribution < 1.29 is 9.53 Å². The third-order valence-electron chi connectivity index (χ3n) is 3.52. The van der Waals surface area contributed by atoms with Crippen LogP contribution in [0.3, 0.4) is 0 Å². The van der Waals surface area contributed by atoms with Crippen LogP contribution in [-0.2, 0) is 11.4 Å². The highest BCUT2D eigenvalue weighted by Gasteiger charge is 2.28. The SMILES string of the molecule is CN1C(=O)/C(=C/c2ccc(OCc3ccccc3Cl)cc2)SC1=S. The molecule has 0 N–H and O–H groups in total. The maximum Gasteiger partial charge on any atom is 0.265 e. The number of carbonyl (C=O) groups excluding carboxylic acids is 1. The second-order valence-electron chi connectivity index (χ2n) is 5.19. The van der Waals surface area contributed by atoms with E-state index in [0.29, 0.717) is 20.9 Å². The fourth-order valence-corrected chi connectivity index (χ4v) is 3.50. The number of ether oxygens (including phenoxy) is 1. The number of hydrogen-bond donors (Lipinski definition) is 0. The fourth-order valence-electron chi connectivity index (χ4n) is 2.13. The minimum absolute atomic E-state index is 0.0657. The third kappa shape index (κ3) is 3.80. The highest BCUT2D eigenvalue weighted by molar-refractivity contribution is 8.26. The minimum atomic E-state index is -0.0657. The van der Waals surface area contributed by atoms with Crippen LogP contribution in [0.1, 0.15) is 11.1 Å². The van der Waals surface area contributed by atoms with E-state index in [1.165, 1.54) is 16.7 Å². The van der Waals surface area contributed by atoms with Crippen molar-refractivity contribution in [3.63, 3.8) is 0 Å². The van der Waals surface area contributed by atoms with E-state index in [2.05, 4.69) is 0 Å². The van der Waals surface area contributed by atoms with E-state index in [0.717, 1.165) is 16.9 Å². The molecule has 1 saturated heterocycles. The van der Waals surface area contributed by atoms with Crippen LogP contribution in [0.25, 0.3) is 6.08 Å². The van der Waals surface area contributed by atoms with Gasteiger partial charge in [0.25, 0.3) is 5.91 Å². The molecule has 1 aliphatic rings. The van der Waals surface area contributed by atoms with Gasteiger partial charge in [-0.2, -0.15) is 0 Å². The van der Waals surface area contributed by atoms with Crippen molar-refractivity contribution in [1.82, 2.24) is 4.90 Å². The molecule has 1 heterocycles. The Morgan fingerprint density at radius 1 is 1.21 bits per heavy atom. The number of thioether (sulfide) groups is 1. The number of benzene rings is 2. The number of nitrogens with zero attached hydrogens (tertiary/aromatic N) is 1. The molecule has 3 nitrogen and oxygen atoms in total. The maximum atomic E-state index is 12.0. The number of likely N-dealkylation sites (N-methyl/N-ethyl adjacent to an activating group) is 1. The predicted octanol–water partition coefficient (Wildman–Crippen LogP) is 4.75. The van der Waals surface area contributed by atoms with Crippen molar-refractivity contribution in [2.75, 3.05) is 7.05 Å². The van der Waals surface area contributed by atoms with Gasteiger partial charge >= 0.3 is 0 Å². The largest absolute Gasteiger partial charge is 0.489 e. The molecule has 122 valence electrons. The highest BCUT2D eigenvalue weighted by atomic mass is 35.5. The molecule has 1 aliphatic heterocycles. The molecule has 1 amide bonds. The van der Waals surface area contributed by atoms with Gasteiger partial charge in [0.15, 0.2) is 0 Å². The average molecular weight is 376 g/mol. The molecule has 2 aromatic carbocycles. The van der Waals surface area contributed by atoms with E-state index < -0.39 is 0 Å². The monoisotopic (exact) mass is 375 g/mol. The quantitative estimate of drug-likeness (QED) is 0.569. The lowest BCUT2D eigenvalue weighted by molar-refractivity contribution is -0.121. The lowest BCUT2D eigenvalue weighted by Gasteiger charge is -2.08. The van der Waals surface area contributed by atoms with Crippen molar-refractivity contribution in [2.24, 2.45) is 0 Å². The summed E-state index contributed by atoms with van der Waals surface area (Å²) < 4.78 is 6.32. The molecule has 0 unspecified atom stereocenters. The normalized spacial score (nSPS) is 16.1. The Morgan fingerprint density at radius 3 is 2.54 bits per heavy atom. The number of halogens is 1. The zero-order valence-electron chi connectivity index (χ0n) is 12.9. The van der Waals surface area contributed by atoms with Crippen LogP contribution in [0.15, 0.2) is 53.4 Å². The van der Waals surface area contributed by atoms with Gasteiger partial charge in [0.05, 0.1) is 4.91 Å². The summed E-state index contributed by atoms with van der Waals surface area (Å²) in [4.78, 5) is 14.1. The zero-order chi connectivity index (χ0) is 17.1. The zero-order valence-corrected chi connectivity index (χ0v) is 15.3. The molecule has 0 aliphatic carbocycles. The smallest absolute Gasteiger partial charge is 0.265 e. The Labute approximate surface area is 155 Å². The number of hydrogen-bond acceptors (Lipinski definition) is 4. The van der Waals surface area contributed by atoms with Gasteiger partial charge in [-0.3, -0.25) is 9.69 Å². The molecule has 6 heteroatoms. The van der Waals surface area contributed by atoms with Gasteiger partial charge in [0.2, 0.25) is 0 Å². The topological polar surface area (TPSA) is 29.5 Å². The summed E-state index contributed by atoms with van der Waals surface area (Å²) in [5, 5.41) is 0.690. The lowest BCUT2D eigenvalue weighted by Crippen LogP contribution is -2.22. The fraction of sp³-hybridized carbons (Fsp3) is 0.111. The van der Waals surface area contributed by atoms with Crippen molar-refractivity contribution in [2.45, 2.75) is 6.61 Å². The molecule has 0 atom stereocenters. The number of amides is 1. The van der Waals surface area contributed by atoms with Crippen LogP contribution in [0.4, 0.5) is 0 Å². The molecular formula is C18H14ClNO2S2. The molecule has 0 radical (unpaired) electrons. The third-order valence-corrected chi connectivity index (χ3v) is 5.37. The van der Waals surface area contributed by atoms with Crippen LogP contribution in [0.2, 0.25) is 5.02 Å². The van der Waals surface area contributed by atoms with Crippen molar-refractivity contribution in [1.29, 1.82) is 0 Å². The minimum Gasteiger partial charge on any atom is -0.489 e. The first-order valence-corrected chi connectivity index (χ1v) is 8.83. The Balaban J connectivity index is 1.67. The second-order valence-corrected chi connectivity index (χ2v) is 7.27. The molecule has 1 fully saturated rings. The number of thiocarbonyl (C=S) groups is 1. The molecular weight excluding hydrogens is 362 g/mol. The van der Waals surface area contributed by atoms with Crippen molar-refractivity contribution in [3.05, 3.63) is 69.6 Å². The number of carbonyl (C=O) groups is 1. The summed E-state index contributed by atoms with van der Waals surface area (Å²) in [7, 11) is 1.68. The van der Waals surface area contributed by atoms with Crippen molar-refractivity contribution >= 4 is 51.9 Å². The Bertz CT molecular complexity index is 818. The van der Waals surface area contributed by atoms with E-state index in [9.17, 15) is 4.79 Å². The lowest BCUT2D eigenvalue weighted by atomic mass is 10.2. The first-order chi connectivity index (χ1) is 11.5. The van der Waals surface area contributed by atoms with Gasteiger partial charge in [-0.05, 0) is 29.8 Å². The van der Waals surface area contributed by atoms with E-state index in [-0.39, 0.29) is 5.91 Å². The van der Waals surface area contributed by atoms with Crippen LogP contribution >= 0.6 is 35.6 Å². The molecule has 3 rings (SSSR count). The van der Waals surface area contributed by atoms with E-state index >= 15 is 0 Å². The van der Waals surface area contributed by atoms with Crippen LogP contribution < -0.4 is 4.74 Å². The first kappa shape index (κ1) is 17.0. The first-order valence-electron chi connectivity index (χ1n) is 7.22. The summed E-state index contributed by atoms with van der Waals surface area (Å²) >= 11 is 12.5. The summed E-state index contributed by atoms with van der Waals surface area (Å²) in [5.41, 5.74) is 1.86. The summed E-state index contributed by atoms with van der Waals surface area (Å²) in [6.45, 7) is 0.410. The Morgan fingerprint density at radius 2 is 1.92 bits per heavy atom. The highest BCUT2D eigenvalue weighted by Crippen LogP contribution is 2.31. The summed E-state index contributed by atoms with van der Waals surface area (Å²) in [6, 6.07) is 15.1. The molecule has 0 aromatic heterocycles.